The van der Waals surface area contributed by atoms with Gasteiger partial charge in [0, 0.05) is 13.5 Å². The Kier molecular flexibility index (Phi) is 5.35. The number of nitrogens with zero attached hydrogens (tertiary/aromatic N) is 1. The molecule has 0 aliphatic carbocycles. The van der Waals surface area contributed by atoms with Crippen LogP contribution in [-0.4, -0.2) is 38.2 Å². The van der Waals surface area contributed by atoms with Crippen molar-refractivity contribution < 1.29 is 23.4 Å². The van der Waals surface area contributed by atoms with E-state index in [9.17, 15) is 9.59 Å². The molecule has 0 bridgehead atoms. The molecule has 0 spiro atoms. The number of para-hydroxylation sites is 1. The second-order valence-electron chi connectivity index (χ2n) is 7.12. The Labute approximate surface area is 173 Å². The second kappa shape index (κ2) is 8.10. The summed E-state index contributed by atoms with van der Waals surface area (Å²) < 4.78 is 22.2. The molecule has 0 fully saturated rings. The number of carbonyl (C=O) groups excluding carboxylic acids is 1. The lowest BCUT2D eigenvalue weighted by Crippen LogP contribution is -2.41. The summed E-state index contributed by atoms with van der Waals surface area (Å²) in [5.41, 5.74) is 2.00. The van der Waals surface area contributed by atoms with Crippen LogP contribution in [0.15, 0.2) is 51.7 Å². The monoisotopic (exact) mass is 409 g/mol. The minimum Gasteiger partial charge on any atom is -0.493 e. The highest BCUT2D eigenvalue weighted by Gasteiger charge is 2.31. The van der Waals surface area contributed by atoms with E-state index >= 15 is 0 Å². The third kappa shape index (κ3) is 3.58. The van der Waals surface area contributed by atoms with E-state index in [1.807, 2.05) is 24.3 Å². The van der Waals surface area contributed by atoms with E-state index in [4.69, 9.17) is 18.6 Å². The predicted molar refractivity (Wildman–Crippen MR) is 111 cm³/mol. The second-order valence-corrected chi connectivity index (χ2v) is 7.12. The van der Waals surface area contributed by atoms with Gasteiger partial charge in [-0.05, 0) is 41.8 Å². The van der Waals surface area contributed by atoms with Gasteiger partial charge in [0.25, 0.3) is 0 Å². The largest absolute Gasteiger partial charge is 0.493 e. The van der Waals surface area contributed by atoms with E-state index < -0.39 is 5.63 Å². The van der Waals surface area contributed by atoms with Crippen molar-refractivity contribution >= 4 is 16.9 Å². The summed E-state index contributed by atoms with van der Waals surface area (Å²) in [5, 5.41) is 0.704. The van der Waals surface area contributed by atoms with Crippen LogP contribution in [0.2, 0.25) is 0 Å². The molecule has 0 radical (unpaired) electrons. The molecule has 4 rings (SSSR count). The van der Waals surface area contributed by atoms with Gasteiger partial charge in [0.05, 0.1) is 31.7 Å². The zero-order valence-corrected chi connectivity index (χ0v) is 17.1. The first-order valence-corrected chi connectivity index (χ1v) is 9.69. The van der Waals surface area contributed by atoms with Crippen LogP contribution in [0.1, 0.15) is 24.1 Å². The minimum absolute atomic E-state index is 0.0403. The van der Waals surface area contributed by atoms with Crippen molar-refractivity contribution in [2.75, 3.05) is 27.4 Å². The number of fused-ring (bicyclic) bond motifs is 2. The lowest BCUT2D eigenvalue weighted by molar-refractivity contribution is -0.132. The summed E-state index contributed by atoms with van der Waals surface area (Å²) >= 11 is 0. The number of rotatable bonds is 5. The highest BCUT2D eigenvalue weighted by molar-refractivity contribution is 5.83. The molecule has 0 saturated heterocycles. The van der Waals surface area contributed by atoms with Gasteiger partial charge in [-0.1, -0.05) is 12.1 Å². The van der Waals surface area contributed by atoms with Gasteiger partial charge in [-0.3, -0.25) is 4.79 Å². The zero-order valence-electron chi connectivity index (χ0n) is 17.1. The van der Waals surface area contributed by atoms with Crippen LogP contribution in [0.25, 0.3) is 11.0 Å². The molecule has 0 N–H and O–H groups in total. The first kappa shape index (κ1) is 19.8. The standard InChI is InChI=1S/C23H23NO6/c1-14(25)24-9-8-15-10-21(27-2)22(28-3)11-17(15)18(24)13-29-20-12-23(26)30-19-7-5-4-6-16(19)20/h4-7,10-12,18H,8-9,13H2,1-3H3. The summed E-state index contributed by atoms with van der Waals surface area (Å²) in [6, 6.07) is 12.1. The SMILES string of the molecule is COc1cc2c(cc1OC)C(COc1cc(=O)oc3ccccc13)N(C(C)=O)CC2. The van der Waals surface area contributed by atoms with Crippen LogP contribution >= 0.6 is 0 Å². The summed E-state index contributed by atoms with van der Waals surface area (Å²) in [5.74, 6) is 1.63. The van der Waals surface area contributed by atoms with Crippen molar-refractivity contribution in [3.63, 3.8) is 0 Å². The fourth-order valence-corrected chi connectivity index (χ4v) is 3.95. The van der Waals surface area contributed by atoms with Gasteiger partial charge in [0.1, 0.15) is 17.9 Å². The highest BCUT2D eigenvalue weighted by Crippen LogP contribution is 2.38. The normalized spacial score (nSPS) is 15.6. The first-order chi connectivity index (χ1) is 14.5. The first-order valence-electron chi connectivity index (χ1n) is 9.69. The smallest absolute Gasteiger partial charge is 0.339 e. The Bertz CT molecular complexity index is 1150. The Morgan fingerprint density at radius 2 is 1.83 bits per heavy atom. The maximum atomic E-state index is 12.3. The van der Waals surface area contributed by atoms with Gasteiger partial charge in [-0.2, -0.15) is 0 Å². The quantitative estimate of drug-likeness (QED) is 0.602. The number of benzene rings is 2. The maximum absolute atomic E-state index is 12.3. The van der Waals surface area contributed by atoms with Gasteiger partial charge in [-0.25, -0.2) is 4.79 Å². The molecule has 2 aromatic carbocycles. The Morgan fingerprint density at radius 1 is 1.10 bits per heavy atom. The molecule has 1 atom stereocenters. The molecule has 7 heteroatoms. The molecular formula is C23H23NO6. The molecule has 1 aromatic heterocycles. The van der Waals surface area contributed by atoms with E-state index in [0.29, 0.717) is 41.2 Å². The van der Waals surface area contributed by atoms with Crippen molar-refractivity contribution in [1.82, 2.24) is 4.90 Å². The molecule has 1 unspecified atom stereocenters. The molecule has 7 nitrogen and oxygen atoms in total. The molecule has 3 aromatic rings. The average Bonchev–Trinajstić information content (AvgIpc) is 2.75. The third-order valence-electron chi connectivity index (χ3n) is 5.42. The molecule has 0 saturated carbocycles. The van der Waals surface area contributed by atoms with E-state index in [2.05, 4.69) is 0 Å². The highest BCUT2D eigenvalue weighted by atomic mass is 16.5. The van der Waals surface area contributed by atoms with Crippen LogP contribution in [0, 0.1) is 0 Å². The summed E-state index contributed by atoms with van der Waals surface area (Å²) in [6.07, 6.45) is 0.712. The number of hydrogen-bond acceptors (Lipinski definition) is 6. The zero-order chi connectivity index (χ0) is 21.3. The summed E-state index contributed by atoms with van der Waals surface area (Å²) in [6.45, 7) is 2.31. The summed E-state index contributed by atoms with van der Waals surface area (Å²) in [7, 11) is 3.18. The summed E-state index contributed by atoms with van der Waals surface area (Å²) in [4.78, 5) is 26.0. The van der Waals surface area contributed by atoms with Crippen LogP contribution < -0.4 is 19.8 Å². The Balaban J connectivity index is 1.72. The number of carbonyl (C=O) groups is 1. The van der Waals surface area contributed by atoms with E-state index in [-0.39, 0.29) is 18.6 Å². The number of ether oxygens (including phenoxy) is 3. The molecule has 1 aliphatic heterocycles. The van der Waals surface area contributed by atoms with Crippen molar-refractivity contribution in [2.45, 2.75) is 19.4 Å². The lowest BCUT2D eigenvalue weighted by atomic mass is 9.92. The lowest BCUT2D eigenvalue weighted by Gasteiger charge is -2.37. The molecular weight excluding hydrogens is 386 g/mol. The molecule has 156 valence electrons. The van der Waals surface area contributed by atoms with Crippen LogP contribution in [0.3, 0.4) is 0 Å². The average molecular weight is 409 g/mol. The molecule has 1 amide bonds. The number of methoxy groups -OCH3 is 2. The van der Waals surface area contributed by atoms with Gasteiger partial charge in [0.15, 0.2) is 11.5 Å². The van der Waals surface area contributed by atoms with Gasteiger partial charge < -0.3 is 23.5 Å². The van der Waals surface area contributed by atoms with E-state index in [1.54, 1.807) is 38.2 Å². The Morgan fingerprint density at radius 3 is 2.57 bits per heavy atom. The topological polar surface area (TPSA) is 78.2 Å². The van der Waals surface area contributed by atoms with Crippen molar-refractivity contribution in [1.29, 1.82) is 0 Å². The van der Waals surface area contributed by atoms with Crippen LogP contribution in [0.4, 0.5) is 0 Å². The fourth-order valence-electron chi connectivity index (χ4n) is 3.95. The molecule has 30 heavy (non-hydrogen) atoms. The predicted octanol–water partition coefficient (Wildman–Crippen LogP) is 3.33. The van der Waals surface area contributed by atoms with Crippen LogP contribution in [0.5, 0.6) is 17.2 Å². The molecule has 1 aliphatic rings. The van der Waals surface area contributed by atoms with Crippen molar-refractivity contribution in [2.24, 2.45) is 0 Å². The van der Waals surface area contributed by atoms with Crippen LogP contribution in [-0.2, 0) is 11.2 Å². The van der Waals surface area contributed by atoms with Gasteiger partial charge in [0.2, 0.25) is 5.91 Å². The number of hydrogen-bond donors (Lipinski definition) is 0. The van der Waals surface area contributed by atoms with Gasteiger partial charge in [-0.15, -0.1) is 0 Å². The van der Waals surface area contributed by atoms with E-state index in [0.717, 1.165) is 11.1 Å². The number of amides is 1. The third-order valence-corrected chi connectivity index (χ3v) is 5.42. The Hall–Kier alpha value is -3.48. The maximum Gasteiger partial charge on any atom is 0.339 e. The van der Waals surface area contributed by atoms with Crippen molar-refractivity contribution in [3.8, 4) is 17.2 Å². The minimum atomic E-state index is -0.484. The fraction of sp³-hybridized carbons (Fsp3) is 0.304. The molecule has 2 heterocycles. The van der Waals surface area contributed by atoms with Crippen molar-refractivity contribution in [3.05, 3.63) is 64.0 Å². The van der Waals surface area contributed by atoms with E-state index in [1.165, 1.54) is 6.07 Å². The van der Waals surface area contributed by atoms with Gasteiger partial charge >= 0.3 is 5.63 Å².